The second-order valence-corrected chi connectivity index (χ2v) is 6.07. The zero-order valence-corrected chi connectivity index (χ0v) is 12.3. The van der Waals surface area contributed by atoms with Gasteiger partial charge in [-0.2, -0.15) is 0 Å². The molecule has 0 spiro atoms. The third-order valence-electron chi connectivity index (χ3n) is 3.87. The van der Waals surface area contributed by atoms with Crippen LogP contribution in [0, 0.1) is 5.92 Å². The molecule has 2 atom stereocenters. The van der Waals surface area contributed by atoms with Crippen molar-refractivity contribution in [1.82, 2.24) is 9.97 Å². The third-order valence-corrected chi connectivity index (χ3v) is 4.26. The van der Waals surface area contributed by atoms with Crippen molar-refractivity contribution in [3.8, 4) is 0 Å². The van der Waals surface area contributed by atoms with Crippen molar-refractivity contribution in [3.63, 3.8) is 0 Å². The van der Waals surface area contributed by atoms with Gasteiger partial charge in [-0.15, -0.1) is 0 Å². The topological polar surface area (TPSA) is 25.8 Å². The molecule has 0 bridgehead atoms. The van der Waals surface area contributed by atoms with Crippen molar-refractivity contribution >= 4 is 23.2 Å². The van der Waals surface area contributed by atoms with Crippen LogP contribution >= 0.6 is 23.2 Å². The lowest BCUT2D eigenvalue weighted by Crippen LogP contribution is -2.13. The van der Waals surface area contributed by atoms with E-state index >= 15 is 0 Å². The van der Waals surface area contributed by atoms with Gasteiger partial charge in [-0.3, -0.25) is 0 Å². The number of hydrogen-bond donors (Lipinski definition) is 0. The molecule has 1 saturated carbocycles. The van der Waals surface area contributed by atoms with Crippen LogP contribution in [0.3, 0.4) is 0 Å². The number of rotatable bonds is 1. The van der Waals surface area contributed by atoms with E-state index in [0.717, 1.165) is 12.2 Å². The molecule has 4 heteroatoms. The van der Waals surface area contributed by atoms with E-state index in [-0.39, 0.29) is 0 Å². The molecular weight excluding hydrogens is 267 g/mol. The molecule has 0 N–H and O–H groups in total. The zero-order chi connectivity index (χ0) is 13.0. The second kappa shape index (κ2) is 6.72. The van der Waals surface area contributed by atoms with Crippen molar-refractivity contribution in [2.24, 2.45) is 5.92 Å². The summed E-state index contributed by atoms with van der Waals surface area (Å²) in [5, 5.41) is 0.911. The Hall–Kier alpha value is -0.340. The quantitative estimate of drug-likeness (QED) is 0.659. The summed E-state index contributed by atoms with van der Waals surface area (Å²) in [6, 6.07) is 1.60. The van der Waals surface area contributed by atoms with Crippen LogP contribution in [-0.2, 0) is 0 Å². The summed E-state index contributed by atoms with van der Waals surface area (Å²) in [6.45, 7) is 2.30. The monoisotopic (exact) mass is 286 g/mol. The average molecular weight is 287 g/mol. The van der Waals surface area contributed by atoms with Crippen LogP contribution < -0.4 is 0 Å². The summed E-state index contributed by atoms with van der Waals surface area (Å²) in [4.78, 5) is 8.76. The predicted molar refractivity (Wildman–Crippen MR) is 76.3 cm³/mol. The molecule has 1 fully saturated rings. The van der Waals surface area contributed by atoms with Gasteiger partial charge in [0.25, 0.3) is 0 Å². The molecule has 0 amide bonds. The molecule has 100 valence electrons. The minimum atomic E-state index is 0.402. The third kappa shape index (κ3) is 3.83. The smallest absolute Gasteiger partial charge is 0.135 e. The molecular formula is C14H20Cl2N2. The van der Waals surface area contributed by atoms with E-state index in [1.165, 1.54) is 38.5 Å². The molecule has 2 nitrogen and oxygen atoms in total. The van der Waals surface area contributed by atoms with E-state index in [0.29, 0.717) is 22.1 Å². The van der Waals surface area contributed by atoms with Crippen LogP contribution in [0.25, 0.3) is 0 Å². The Labute approximate surface area is 119 Å². The summed E-state index contributed by atoms with van der Waals surface area (Å²) in [5.41, 5.74) is 0. The average Bonchev–Trinajstić information content (AvgIpc) is 2.40. The van der Waals surface area contributed by atoms with Gasteiger partial charge in [0.2, 0.25) is 0 Å². The van der Waals surface area contributed by atoms with E-state index < -0.39 is 0 Å². The van der Waals surface area contributed by atoms with E-state index in [1.807, 2.05) is 0 Å². The first-order valence-electron chi connectivity index (χ1n) is 6.87. The van der Waals surface area contributed by atoms with Gasteiger partial charge in [-0.25, -0.2) is 9.97 Å². The Morgan fingerprint density at radius 2 is 1.50 bits per heavy atom. The highest BCUT2D eigenvalue weighted by Crippen LogP contribution is 2.34. The Kier molecular flexibility index (Phi) is 5.25. The fraction of sp³-hybridized carbons (Fsp3) is 0.714. The first-order chi connectivity index (χ1) is 8.66. The molecule has 1 aromatic rings. The number of halogens is 2. The van der Waals surface area contributed by atoms with Gasteiger partial charge < -0.3 is 0 Å². The summed E-state index contributed by atoms with van der Waals surface area (Å²) in [5.74, 6) is 1.85. The van der Waals surface area contributed by atoms with Gasteiger partial charge >= 0.3 is 0 Å². The van der Waals surface area contributed by atoms with Crippen LogP contribution in [-0.4, -0.2) is 9.97 Å². The molecule has 2 rings (SSSR count). The van der Waals surface area contributed by atoms with Gasteiger partial charge in [0.05, 0.1) is 0 Å². The van der Waals surface area contributed by atoms with Crippen molar-refractivity contribution in [3.05, 3.63) is 22.2 Å². The predicted octanol–water partition coefficient (Wildman–Crippen LogP) is 5.25. The molecule has 1 aliphatic rings. The van der Waals surface area contributed by atoms with E-state index in [4.69, 9.17) is 23.2 Å². The van der Waals surface area contributed by atoms with Crippen LogP contribution in [0.1, 0.15) is 63.6 Å². The Morgan fingerprint density at radius 3 is 2.17 bits per heavy atom. The molecule has 1 heterocycles. The minimum Gasteiger partial charge on any atom is -0.221 e. The first kappa shape index (κ1) is 14.1. The normalized spacial score (nSPS) is 26.2. The summed E-state index contributed by atoms with van der Waals surface area (Å²) in [6.07, 6.45) is 8.99. The maximum atomic E-state index is 5.99. The fourth-order valence-electron chi connectivity index (χ4n) is 2.80. The maximum absolute atomic E-state index is 5.99. The maximum Gasteiger partial charge on any atom is 0.135 e. The zero-order valence-electron chi connectivity index (χ0n) is 10.8. The summed E-state index contributed by atoms with van der Waals surface area (Å²) >= 11 is 12.0. The molecule has 0 aromatic carbocycles. The first-order valence-corrected chi connectivity index (χ1v) is 7.62. The van der Waals surface area contributed by atoms with Gasteiger partial charge in [0.15, 0.2) is 0 Å². The van der Waals surface area contributed by atoms with E-state index in [2.05, 4.69) is 16.9 Å². The van der Waals surface area contributed by atoms with Crippen LogP contribution in [0.2, 0.25) is 10.3 Å². The van der Waals surface area contributed by atoms with Gasteiger partial charge in [-0.05, 0) is 12.3 Å². The van der Waals surface area contributed by atoms with Crippen LogP contribution in [0.4, 0.5) is 0 Å². The standard InChI is InChI=1S/C14H20Cl2N2/c1-10-7-5-3-2-4-6-8-11(10)14-17-12(15)9-13(16)18-14/h9-11H,2-8H2,1H3. The second-order valence-electron chi connectivity index (χ2n) is 5.30. The van der Waals surface area contributed by atoms with Gasteiger partial charge in [0, 0.05) is 12.0 Å². The van der Waals surface area contributed by atoms with Crippen LogP contribution in [0.5, 0.6) is 0 Å². The Morgan fingerprint density at radius 1 is 0.944 bits per heavy atom. The van der Waals surface area contributed by atoms with Crippen molar-refractivity contribution < 1.29 is 0 Å². The van der Waals surface area contributed by atoms with Crippen molar-refractivity contribution in [2.45, 2.75) is 57.8 Å². The molecule has 0 radical (unpaired) electrons. The molecule has 0 saturated heterocycles. The SMILES string of the molecule is CC1CCCCCCCC1c1nc(Cl)cc(Cl)n1. The van der Waals surface area contributed by atoms with Crippen LogP contribution in [0.15, 0.2) is 6.07 Å². The summed E-state index contributed by atoms with van der Waals surface area (Å²) in [7, 11) is 0. The van der Waals surface area contributed by atoms with Crippen molar-refractivity contribution in [1.29, 1.82) is 0 Å². The molecule has 0 aliphatic heterocycles. The summed E-state index contributed by atoms with van der Waals surface area (Å²) < 4.78 is 0. The lowest BCUT2D eigenvalue weighted by atomic mass is 9.86. The van der Waals surface area contributed by atoms with Crippen molar-refractivity contribution in [2.75, 3.05) is 0 Å². The highest BCUT2D eigenvalue weighted by molar-refractivity contribution is 6.33. The molecule has 2 unspecified atom stereocenters. The molecule has 1 aromatic heterocycles. The molecule has 1 aliphatic carbocycles. The lowest BCUT2D eigenvalue weighted by Gasteiger charge is -2.22. The Bertz CT molecular complexity index is 375. The lowest BCUT2D eigenvalue weighted by molar-refractivity contribution is 0.386. The Balaban J connectivity index is 2.20. The number of aromatic nitrogens is 2. The van der Waals surface area contributed by atoms with E-state index in [1.54, 1.807) is 6.07 Å². The minimum absolute atomic E-state index is 0.402. The van der Waals surface area contributed by atoms with Gasteiger partial charge in [-0.1, -0.05) is 68.7 Å². The fourth-order valence-corrected chi connectivity index (χ4v) is 3.24. The van der Waals surface area contributed by atoms with E-state index in [9.17, 15) is 0 Å². The number of nitrogens with zero attached hydrogens (tertiary/aromatic N) is 2. The number of hydrogen-bond acceptors (Lipinski definition) is 2. The molecule has 18 heavy (non-hydrogen) atoms. The highest BCUT2D eigenvalue weighted by atomic mass is 35.5. The van der Waals surface area contributed by atoms with Gasteiger partial charge in [0.1, 0.15) is 16.1 Å². The largest absolute Gasteiger partial charge is 0.221 e. The highest BCUT2D eigenvalue weighted by Gasteiger charge is 2.23.